The van der Waals surface area contributed by atoms with E-state index in [1.807, 2.05) is 6.07 Å². The van der Waals surface area contributed by atoms with Gasteiger partial charge in [-0.2, -0.15) is 0 Å². The van der Waals surface area contributed by atoms with Crippen molar-refractivity contribution in [1.29, 1.82) is 0 Å². The van der Waals surface area contributed by atoms with E-state index in [1.54, 1.807) is 20.3 Å². The number of nitrogens with zero attached hydrogens (tertiary/aromatic N) is 2. The normalized spacial score (nSPS) is 17.2. The third-order valence-corrected chi connectivity index (χ3v) is 3.34. The number of anilines is 2. The van der Waals surface area contributed by atoms with Gasteiger partial charge in [0.25, 0.3) is 0 Å². The number of nitrogens with two attached hydrogens (primary N) is 1. The van der Waals surface area contributed by atoms with Crippen LogP contribution in [0.3, 0.4) is 0 Å². The largest absolute Gasteiger partial charge is 0.493 e. The first-order valence-electron chi connectivity index (χ1n) is 6.35. The van der Waals surface area contributed by atoms with Gasteiger partial charge in [0.05, 0.1) is 25.6 Å². The Morgan fingerprint density at radius 3 is 2.21 bits per heavy atom. The van der Waals surface area contributed by atoms with Crippen LogP contribution in [0.4, 0.5) is 11.4 Å². The fraction of sp³-hybridized carbons (Fsp3) is 0.538. The monoisotopic (exact) mass is 266 g/mol. The molecule has 1 fully saturated rings. The fourth-order valence-corrected chi connectivity index (χ4v) is 2.08. The SMILES string of the molecule is COc1cc(N)c(NN2CCN(C)CC2)cc1OC. The molecule has 0 aromatic heterocycles. The van der Waals surface area contributed by atoms with E-state index >= 15 is 0 Å². The third-order valence-electron chi connectivity index (χ3n) is 3.34. The lowest BCUT2D eigenvalue weighted by molar-refractivity contribution is 0.179. The number of benzene rings is 1. The zero-order chi connectivity index (χ0) is 13.8. The summed E-state index contributed by atoms with van der Waals surface area (Å²) in [7, 11) is 5.35. The molecule has 0 saturated carbocycles. The summed E-state index contributed by atoms with van der Waals surface area (Å²) in [5, 5.41) is 2.16. The van der Waals surface area contributed by atoms with Crippen molar-refractivity contribution in [1.82, 2.24) is 9.91 Å². The van der Waals surface area contributed by atoms with Crippen LogP contribution in [0.5, 0.6) is 11.5 Å². The van der Waals surface area contributed by atoms with Gasteiger partial charge in [-0.25, -0.2) is 5.01 Å². The minimum Gasteiger partial charge on any atom is -0.493 e. The van der Waals surface area contributed by atoms with Crippen molar-refractivity contribution in [3.63, 3.8) is 0 Å². The molecule has 0 atom stereocenters. The molecule has 3 N–H and O–H groups in total. The maximum Gasteiger partial charge on any atom is 0.162 e. The van der Waals surface area contributed by atoms with Crippen LogP contribution in [0.2, 0.25) is 0 Å². The summed E-state index contributed by atoms with van der Waals surface area (Å²) >= 11 is 0. The molecule has 1 aromatic rings. The van der Waals surface area contributed by atoms with Gasteiger partial charge in [-0.1, -0.05) is 0 Å². The van der Waals surface area contributed by atoms with Gasteiger partial charge in [0.1, 0.15) is 0 Å². The summed E-state index contributed by atoms with van der Waals surface area (Å²) in [6.45, 7) is 4.01. The molecule has 6 heteroatoms. The highest BCUT2D eigenvalue weighted by atomic mass is 16.5. The molecule has 1 heterocycles. The second-order valence-electron chi connectivity index (χ2n) is 4.70. The molecule has 0 aliphatic carbocycles. The van der Waals surface area contributed by atoms with Gasteiger partial charge in [-0.15, -0.1) is 0 Å². The average molecular weight is 266 g/mol. The second kappa shape index (κ2) is 5.99. The van der Waals surface area contributed by atoms with Crippen LogP contribution in [0, 0.1) is 0 Å². The first-order valence-corrected chi connectivity index (χ1v) is 6.35. The van der Waals surface area contributed by atoms with Crippen LogP contribution in [0.15, 0.2) is 12.1 Å². The van der Waals surface area contributed by atoms with Gasteiger partial charge in [-0.3, -0.25) is 0 Å². The number of hydrogen-bond acceptors (Lipinski definition) is 6. The number of hydrazine groups is 1. The summed E-state index contributed by atoms with van der Waals surface area (Å²) < 4.78 is 10.5. The Kier molecular flexibility index (Phi) is 4.34. The molecule has 1 aromatic carbocycles. The lowest BCUT2D eigenvalue weighted by atomic mass is 10.2. The molecule has 1 aliphatic rings. The van der Waals surface area contributed by atoms with Crippen LogP contribution < -0.4 is 20.6 Å². The van der Waals surface area contributed by atoms with Crippen LogP contribution in [0.1, 0.15) is 0 Å². The summed E-state index contributed by atoms with van der Waals surface area (Å²) in [5.41, 5.74) is 10.9. The summed E-state index contributed by atoms with van der Waals surface area (Å²) in [6, 6.07) is 3.64. The highest BCUT2D eigenvalue weighted by molar-refractivity contribution is 5.71. The molecule has 2 rings (SSSR count). The smallest absolute Gasteiger partial charge is 0.162 e. The Morgan fingerprint density at radius 2 is 1.63 bits per heavy atom. The number of methoxy groups -OCH3 is 2. The number of hydrogen-bond donors (Lipinski definition) is 2. The lowest BCUT2D eigenvalue weighted by Gasteiger charge is -2.33. The Hall–Kier alpha value is -1.66. The Balaban J connectivity index is 2.11. The number of nitrogens with one attached hydrogen (secondary N) is 1. The molecular formula is C13H22N4O2. The lowest BCUT2D eigenvalue weighted by Crippen LogP contribution is -2.47. The van der Waals surface area contributed by atoms with Crippen molar-refractivity contribution in [3.05, 3.63) is 12.1 Å². The standard InChI is InChI=1S/C13H22N4O2/c1-16-4-6-17(7-5-16)15-11-9-13(19-3)12(18-2)8-10(11)14/h8-9,15H,4-7,14H2,1-3H3. The van der Waals surface area contributed by atoms with Crippen molar-refractivity contribution in [3.8, 4) is 11.5 Å². The van der Waals surface area contributed by atoms with Gasteiger partial charge in [-0.05, 0) is 7.05 Å². The van der Waals surface area contributed by atoms with Crippen LogP contribution in [-0.2, 0) is 0 Å². The van der Waals surface area contributed by atoms with Gasteiger partial charge in [0.15, 0.2) is 11.5 Å². The third kappa shape index (κ3) is 3.21. The molecular weight excluding hydrogens is 244 g/mol. The summed E-state index contributed by atoms with van der Waals surface area (Å²) in [6.07, 6.45) is 0. The zero-order valence-electron chi connectivity index (χ0n) is 11.8. The van der Waals surface area contributed by atoms with Gasteiger partial charge in [0, 0.05) is 38.3 Å². The second-order valence-corrected chi connectivity index (χ2v) is 4.70. The van der Waals surface area contributed by atoms with Gasteiger partial charge < -0.3 is 25.5 Å². The molecule has 106 valence electrons. The van der Waals surface area contributed by atoms with Crippen molar-refractivity contribution >= 4 is 11.4 Å². The predicted molar refractivity (Wildman–Crippen MR) is 76.7 cm³/mol. The van der Waals surface area contributed by atoms with E-state index in [0.29, 0.717) is 17.2 Å². The fourth-order valence-electron chi connectivity index (χ4n) is 2.08. The van der Waals surface area contributed by atoms with Crippen LogP contribution >= 0.6 is 0 Å². The minimum atomic E-state index is 0.643. The first-order chi connectivity index (χ1) is 9.13. The van der Waals surface area contributed by atoms with E-state index in [-0.39, 0.29) is 0 Å². The maximum atomic E-state index is 6.03. The molecule has 1 saturated heterocycles. The van der Waals surface area contributed by atoms with E-state index < -0.39 is 0 Å². The predicted octanol–water partition coefficient (Wildman–Crippen LogP) is 0.860. The van der Waals surface area contributed by atoms with Crippen molar-refractivity contribution in [2.24, 2.45) is 0 Å². The highest BCUT2D eigenvalue weighted by Crippen LogP contribution is 2.35. The number of nitrogen functional groups attached to an aromatic ring is 1. The van der Waals surface area contributed by atoms with E-state index in [2.05, 4.69) is 22.4 Å². The molecule has 19 heavy (non-hydrogen) atoms. The Labute approximate surface area is 114 Å². The van der Waals surface area contributed by atoms with Gasteiger partial charge >= 0.3 is 0 Å². The Bertz CT molecular complexity index is 431. The first kappa shape index (κ1) is 13.8. The van der Waals surface area contributed by atoms with Crippen LogP contribution in [-0.4, -0.2) is 57.4 Å². The molecule has 1 aliphatic heterocycles. The molecule has 0 bridgehead atoms. The van der Waals surface area contributed by atoms with E-state index in [1.165, 1.54) is 0 Å². The average Bonchev–Trinajstić information content (AvgIpc) is 2.43. The number of ether oxygens (including phenoxy) is 2. The maximum absolute atomic E-state index is 6.03. The molecule has 0 radical (unpaired) electrons. The molecule has 0 spiro atoms. The van der Waals surface area contributed by atoms with Crippen LogP contribution in [0.25, 0.3) is 0 Å². The van der Waals surface area contributed by atoms with Crippen molar-refractivity contribution in [2.45, 2.75) is 0 Å². The van der Waals surface area contributed by atoms with Crippen molar-refractivity contribution in [2.75, 3.05) is 58.6 Å². The number of rotatable bonds is 4. The molecule has 6 nitrogen and oxygen atoms in total. The number of likely N-dealkylation sites (N-methyl/N-ethyl adjacent to an activating group) is 1. The van der Waals surface area contributed by atoms with E-state index in [0.717, 1.165) is 31.9 Å². The van der Waals surface area contributed by atoms with E-state index in [9.17, 15) is 0 Å². The number of piperazine rings is 1. The molecule has 0 amide bonds. The zero-order valence-corrected chi connectivity index (χ0v) is 11.8. The quantitative estimate of drug-likeness (QED) is 0.788. The minimum absolute atomic E-state index is 0.643. The Morgan fingerprint density at radius 1 is 1.05 bits per heavy atom. The summed E-state index contributed by atoms with van der Waals surface area (Å²) in [5.74, 6) is 1.32. The van der Waals surface area contributed by atoms with Crippen molar-refractivity contribution < 1.29 is 9.47 Å². The topological polar surface area (TPSA) is 63.0 Å². The van der Waals surface area contributed by atoms with E-state index in [4.69, 9.17) is 15.2 Å². The summed E-state index contributed by atoms with van der Waals surface area (Å²) in [4.78, 5) is 2.30. The van der Waals surface area contributed by atoms with Gasteiger partial charge in [0.2, 0.25) is 0 Å². The molecule has 0 unspecified atom stereocenters. The highest BCUT2D eigenvalue weighted by Gasteiger charge is 2.16.